The van der Waals surface area contributed by atoms with Crippen molar-refractivity contribution in [1.29, 1.82) is 0 Å². The Morgan fingerprint density at radius 3 is 3.00 bits per heavy atom. The number of carbonyl (C=O) groups is 1. The van der Waals surface area contributed by atoms with E-state index in [1.807, 2.05) is 36.1 Å². The number of nitrogens with zero attached hydrogens (tertiary/aromatic N) is 4. The number of hydrogen-bond donors (Lipinski definition) is 1. The first kappa shape index (κ1) is 14.9. The van der Waals surface area contributed by atoms with Gasteiger partial charge in [0.1, 0.15) is 12.1 Å². The van der Waals surface area contributed by atoms with Gasteiger partial charge in [0, 0.05) is 25.6 Å². The van der Waals surface area contributed by atoms with E-state index in [0.29, 0.717) is 26.2 Å². The highest BCUT2D eigenvalue weighted by atomic mass is 16.5. The van der Waals surface area contributed by atoms with Gasteiger partial charge < -0.3 is 15.4 Å². The van der Waals surface area contributed by atoms with Crippen LogP contribution in [0.3, 0.4) is 0 Å². The zero-order chi connectivity index (χ0) is 15.5. The summed E-state index contributed by atoms with van der Waals surface area (Å²) in [6.45, 7) is 4.56. The molecular formula is C15H21N5O2. The Bertz CT molecular complexity index is 656. The number of para-hydroxylation sites is 1. The molecule has 0 unspecified atom stereocenters. The molecule has 2 N–H and O–H groups in total. The molecule has 1 aliphatic rings. The average molecular weight is 303 g/mol. The second-order valence-corrected chi connectivity index (χ2v) is 5.52. The predicted molar refractivity (Wildman–Crippen MR) is 82.1 cm³/mol. The minimum absolute atomic E-state index is 0.0244. The van der Waals surface area contributed by atoms with Crippen LogP contribution >= 0.6 is 0 Å². The van der Waals surface area contributed by atoms with E-state index in [1.165, 1.54) is 0 Å². The van der Waals surface area contributed by atoms with Crippen molar-refractivity contribution in [2.45, 2.75) is 19.6 Å². The third kappa shape index (κ3) is 2.82. The van der Waals surface area contributed by atoms with Crippen molar-refractivity contribution in [3.63, 3.8) is 0 Å². The fourth-order valence-corrected chi connectivity index (χ4v) is 2.94. The van der Waals surface area contributed by atoms with E-state index in [2.05, 4.69) is 10.3 Å². The van der Waals surface area contributed by atoms with E-state index >= 15 is 0 Å². The van der Waals surface area contributed by atoms with Crippen LogP contribution < -0.4 is 5.73 Å². The van der Waals surface area contributed by atoms with Crippen LogP contribution in [0.4, 0.5) is 0 Å². The molecular weight excluding hydrogens is 282 g/mol. The first-order valence-corrected chi connectivity index (χ1v) is 7.60. The molecule has 1 fully saturated rings. The van der Waals surface area contributed by atoms with Crippen molar-refractivity contribution >= 4 is 16.9 Å². The molecule has 22 heavy (non-hydrogen) atoms. The molecule has 0 aliphatic carbocycles. The highest BCUT2D eigenvalue weighted by Gasteiger charge is 2.34. The molecule has 7 heteroatoms. The molecule has 2 aromatic rings. The Hall–Kier alpha value is -1.99. The fourth-order valence-electron chi connectivity index (χ4n) is 2.94. The zero-order valence-corrected chi connectivity index (χ0v) is 12.7. The summed E-state index contributed by atoms with van der Waals surface area (Å²) in [6, 6.07) is 7.62. The van der Waals surface area contributed by atoms with E-state index in [1.54, 1.807) is 4.68 Å². The Kier molecular flexibility index (Phi) is 4.35. The number of likely N-dealkylation sites (tertiary alicyclic amines) is 1. The van der Waals surface area contributed by atoms with Crippen LogP contribution in [-0.2, 0) is 16.1 Å². The Morgan fingerprint density at radius 1 is 1.41 bits per heavy atom. The van der Waals surface area contributed by atoms with Crippen molar-refractivity contribution in [1.82, 2.24) is 19.9 Å². The maximum Gasteiger partial charge on any atom is 0.244 e. The first-order chi connectivity index (χ1) is 10.7. The van der Waals surface area contributed by atoms with Crippen molar-refractivity contribution in [2.75, 3.05) is 26.2 Å². The molecule has 0 bridgehead atoms. The SMILES string of the molecule is CCO[C@@H]1CN(C(=O)Cn2nnc3ccccc32)C[C@H]1CN. The molecule has 2 heterocycles. The lowest BCUT2D eigenvalue weighted by atomic mass is 10.1. The summed E-state index contributed by atoms with van der Waals surface area (Å²) in [5.41, 5.74) is 7.44. The lowest BCUT2D eigenvalue weighted by Gasteiger charge is -2.16. The molecule has 0 saturated carbocycles. The molecule has 3 rings (SSSR count). The van der Waals surface area contributed by atoms with Crippen molar-refractivity contribution in [3.8, 4) is 0 Å². The van der Waals surface area contributed by atoms with Crippen LogP contribution in [0.5, 0.6) is 0 Å². The Labute approximate surface area is 129 Å². The number of carbonyl (C=O) groups excluding carboxylic acids is 1. The molecule has 0 radical (unpaired) electrons. The summed E-state index contributed by atoms with van der Waals surface area (Å²) < 4.78 is 7.33. The summed E-state index contributed by atoms with van der Waals surface area (Å²) in [6.07, 6.45) is 0.0337. The second kappa shape index (κ2) is 6.41. The van der Waals surface area contributed by atoms with E-state index in [-0.39, 0.29) is 24.5 Å². The molecule has 1 saturated heterocycles. The number of benzene rings is 1. The second-order valence-electron chi connectivity index (χ2n) is 5.52. The van der Waals surface area contributed by atoms with Crippen LogP contribution in [0, 0.1) is 5.92 Å². The Balaban J connectivity index is 1.70. The summed E-state index contributed by atoms with van der Waals surface area (Å²) >= 11 is 0. The molecule has 1 aliphatic heterocycles. The summed E-state index contributed by atoms with van der Waals surface area (Å²) in [5.74, 6) is 0.229. The van der Waals surface area contributed by atoms with Gasteiger partial charge in [-0.25, -0.2) is 4.68 Å². The summed E-state index contributed by atoms with van der Waals surface area (Å²) in [7, 11) is 0. The maximum absolute atomic E-state index is 12.5. The number of ether oxygens (including phenoxy) is 1. The number of hydrogen-bond acceptors (Lipinski definition) is 5. The van der Waals surface area contributed by atoms with E-state index in [0.717, 1.165) is 11.0 Å². The highest BCUT2D eigenvalue weighted by Crippen LogP contribution is 2.20. The van der Waals surface area contributed by atoms with Crippen molar-refractivity contribution in [2.24, 2.45) is 11.7 Å². The number of rotatable bonds is 5. The third-order valence-corrected chi connectivity index (χ3v) is 4.12. The van der Waals surface area contributed by atoms with Crippen LogP contribution in [-0.4, -0.2) is 58.1 Å². The van der Waals surface area contributed by atoms with Gasteiger partial charge >= 0.3 is 0 Å². The topological polar surface area (TPSA) is 86.3 Å². The number of aromatic nitrogens is 3. The monoisotopic (exact) mass is 303 g/mol. The smallest absolute Gasteiger partial charge is 0.244 e. The normalized spacial score (nSPS) is 21.6. The van der Waals surface area contributed by atoms with E-state index in [9.17, 15) is 4.79 Å². The van der Waals surface area contributed by atoms with Crippen LogP contribution in [0.25, 0.3) is 11.0 Å². The third-order valence-electron chi connectivity index (χ3n) is 4.12. The van der Waals surface area contributed by atoms with Gasteiger partial charge in [-0.05, 0) is 25.6 Å². The predicted octanol–water partition coefficient (Wildman–Crippen LogP) is 0.254. The molecule has 1 amide bonds. The summed E-state index contributed by atoms with van der Waals surface area (Å²) in [5, 5.41) is 8.14. The van der Waals surface area contributed by atoms with Gasteiger partial charge in [0.05, 0.1) is 11.6 Å². The molecule has 7 nitrogen and oxygen atoms in total. The standard InChI is InChI=1S/C15H21N5O2/c1-2-22-14-9-19(8-11(14)7-16)15(21)10-20-13-6-4-3-5-12(13)17-18-20/h3-6,11,14H,2,7-10,16H2,1H3/t11-,14-/m1/s1. The maximum atomic E-state index is 12.5. The van der Waals surface area contributed by atoms with Crippen molar-refractivity contribution < 1.29 is 9.53 Å². The van der Waals surface area contributed by atoms with Crippen molar-refractivity contribution in [3.05, 3.63) is 24.3 Å². The molecule has 118 valence electrons. The number of fused-ring (bicyclic) bond motifs is 1. The van der Waals surface area contributed by atoms with Crippen LogP contribution in [0.2, 0.25) is 0 Å². The average Bonchev–Trinajstić information content (AvgIpc) is 3.12. The fraction of sp³-hybridized carbons (Fsp3) is 0.533. The minimum Gasteiger partial charge on any atom is -0.376 e. The lowest BCUT2D eigenvalue weighted by molar-refractivity contribution is -0.131. The van der Waals surface area contributed by atoms with Gasteiger partial charge in [0.25, 0.3) is 0 Å². The van der Waals surface area contributed by atoms with E-state index in [4.69, 9.17) is 10.5 Å². The van der Waals surface area contributed by atoms with Crippen LogP contribution in [0.1, 0.15) is 6.92 Å². The van der Waals surface area contributed by atoms with Gasteiger partial charge in [-0.15, -0.1) is 5.10 Å². The molecule has 1 aromatic carbocycles. The number of amides is 1. The highest BCUT2D eigenvalue weighted by molar-refractivity contribution is 5.80. The zero-order valence-electron chi connectivity index (χ0n) is 12.7. The lowest BCUT2D eigenvalue weighted by Crippen LogP contribution is -2.33. The Morgan fingerprint density at radius 2 is 2.23 bits per heavy atom. The quantitative estimate of drug-likeness (QED) is 0.856. The largest absolute Gasteiger partial charge is 0.376 e. The van der Waals surface area contributed by atoms with Gasteiger partial charge in [-0.2, -0.15) is 0 Å². The van der Waals surface area contributed by atoms with Gasteiger partial charge in [-0.1, -0.05) is 17.3 Å². The molecule has 0 spiro atoms. The first-order valence-electron chi connectivity index (χ1n) is 7.60. The minimum atomic E-state index is 0.0244. The molecule has 2 atom stereocenters. The van der Waals surface area contributed by atoms with Gasteiger partial charge in [-0.3, -0.25) is 4.79 Å². The van der Waals surface area contributed by atoms with E-state index < -0.39 is 0 Å². The van der Waals surface area contributed by atoms with Crippen LogP contribution in [0.15, 0.2) is 24.3 Å². The molecule has 1 aromatic heterocycles. The van der Waals surface area contributed by atoms with Gasteiger partial charge in [0.2, 0.25) is 5.91 Å². The number of nitrogens with two attached hydrogens (primary N) is 1. The summed E-state index contributed by atoms with van der Waals surface area (Å²) in [4.78, 5) is 14.3. The van der Waals surface area contributed by atoms with Gasteiger partial charge in [0.15, 0.2) is 0 Å².